The molecule has 0 aliphatic carbocycles. The standard InChI is InChI=1S/C34H47N3O2S/c1-6-7-8-13-20-37-29-18-9-10-19-30(29)40-34-31(37)32(38-21-14-11-16-25(2)3)27(23-35)28(24-36)33(34)39-22-15-12-17-26(4)5/h9-10,18-19,25-26H,6-8,11-17,20-22H2,1-5H3. The second-order valence-electron chi connectivity index (χ2n) is 11.6. The summed E-state index contributed by atoms with van der Waals surface area (Å²) in [7, 11) is 0. The number of hydrogen-bond acceptors (Lipinski definition) is 6. The Labute approximate surface area is 246 Å². The SMILES string of the molecule is CCCCCCN1c2ccccc2Sc2c(OCCCCC(C)C)c(C#N)c(C#N)c(OCCCCC(C)C)c21. The van der Waals surface area contributed by atoms with Crippen molar-refractivity contribution in [1.82, 2.24) is 0 Å². The first-order chi connectivity index (χ1) is 19.4. The van der Waals surface area contributed by atoms with E-state index in [9.17, 15) is 10.5 Å². The summed E-state index contributed by atoms with van der Waals surface area (Å²) in [6.07, 6.45) is 10.8. The largest absolute Gasteiger partial charge is 0.491 e. The lowest BCUT2D eigenvalue weighted by Gasteiger charge is -2.35. The average molecular weight is 562 g/mol. The van der Waals surface area contributed by atoms with Crippen LogP contribution in [0.4, 0.5) is 11.4 Å². The number of benzene rings is 2. The van der Waals surface area contributed by atoms with Crippen molar-refractivity contribution in [2.45, 2.75) is 109 Å². The molecule has 0 fully saturated rings. The third-order valence-electron chi connectivity index (χ3n) is 7.28. The molecule has 0 aromatic heterocycles. The van der Waals surface area contributed by atoms with Gasteiger partial charge in [-0.3, -0.25) is 0 Å². The maximum Gasteiger partial charge on any atom is 0.163 e. The molecule has 0 atom stereocenters. The summed E-state index contributed by atoms with van der Waals surface area (Å²) in [4.78, 5) is 4.34. The van der Waals surface area contributed by atoms with E-state index in [0.29, 0.717) is 47.7 Å². The van der Waals surface area contributed by atoms with Gasteiger partial charge < -0.3 is 14.4 Å². The molecule has 2 aromatic rings. The molecule has 0 radical (unpaired) electrons. The summed E-state index contributed by atoms with van der Waals surface area (Å²) in [6.45, 7) is 13.0. The molecule has 0 N–H and O–H groups in total. The molecule has 1 aliphatic heterocycles. The number of para-hydroxylation sites is 1. The Morgan fingerprint density at radius 3 is 1.98 bits per heavy atom. The molecule has 0 amide bonds. The molecule has 6 heteroatoms. The molecule has 0 bridgehead atoms. The number of hydrogen-bond donors (Lipinski definition) is 0. The van der Waals surface area contributed by atoms with Gasteiger partial charge >= 0.3 is 0 Å². The van der Waals surface area contributed by atoms with E-state index in [2.05, 4.69) is 75.9 Å². The number of anilines is 2. The van der Waals surface area contributed by atoms with Gasteiger partial charge in [0, 0.05) is 11.4 Å². The lowest BCUT2D eigenvalue weighted by Crippen LogP contribution is -2.24. The van der Waals surface area contributed by atoms with Gasteiger partial charge in [-0.2, -0.15) is 10.5 Å². The second kappa shape index (κ2) is 16.4. The molecule has 0 unspecified atom stereocenters. The molecular weight excluding hydrogens is 514 g/mol. The van der Waals surface area contributed by atoms with Crippen molar-refractivity contribution in [1.29, 1.82) is 10.5 Å². The Morgan fingerprint density at radius 1 is 0.775 bits per heavy atom. The lowest BCUT2D eigenvalue weighted by atomic mass is 10.0. The summed E-state index contributed by atoms with van der Waals surface area (Å²) in [6, 6.07) is 13.1. The van der Waals surface area contributed by atoms with E-state index in [1.165, 1.54) is 12.8 Å². The quantitative estimate of drug-likeness (QED) is 0.179. The maximum atomic E-state index is 10.4. The summed E-state index contributed by atoms with van der Waals surface area (Å²) in [5.41, 5.74) is 2.59. The monoisotopic (exact) mass is 561 g/mol. The minimum Gasteiger partial charge on any atom is -0.491 e. The fraction of sp³-hybridized carbons (Fsp3) is 0.588. The van der Waals surface area contributed by atoms with Crippen LogP contribution in [0.25, 0.3) is 0 Å². The first kappa shape index (κ1) is 31.7. The zero-order valence-electron chi connectivity index (χ0n) is 25.2. The van der Waals surface area contributed by atoms with Crippen LogP contribution in [0, 0.1) is 34.5 Å². The van der Waals surface area contributed by atoms with Crippen LogP contribution in [-0.4, -0.2) is 19.8 Å². The van der Waals surface area contributed by atoms with Crippen molar-refractivity contribution in [3.63, 3.8) is 0 Å². The summed E-state index contributed by atoms with van der Waals surface area (Å²) in [5.74, 6) is 2.36. The van der Waals surface area contributed by atoms with Gasteiger partial charge in [-0.25, -0.2) is 0 Å². The van der Waals surface area contributed by atoms with Gasteiger partial charge in [0.25, 0.3) is 0 Å². The highest BCUT2D eigenvalue weighted by Crippen LogP contribution is 2.57. The Kier molecular flexibility index (Phi) is 13.0. The summed E-state index contributed by atoms with van der Waals surface area (Å²) < 4.78 is 12.9. The molecule has 5 nitrogen and oxygen atoms in total. The number of nitrogens with zero attached hydrogens (tertiary/aromatic N) is 3. The summed E-state index contributed by atoms with van der Waals surface area (Å²) >= 11 is 1.63. The first-order valence-corrected chi connectivity index (χ1v) is 16.1. The third kappa shape index (κ3) is 8.34. The van der Waals surface area contributed by atoms with E-state index in [4.69, 9.17) is 9.47 Å². The van der Waals surface area contributed by atoms with Crippen molar-refractivity contribution in [2.24, 2.45) is 11.8 Å². The van der Waals surface area contributed by atoms with Gasteiger partial charge in [0.1, 0.15) is 29.0 Å². The molecule has 40 heavy (non-hydrogen) atoms. The zero-order chi connectivity index (χ0) is 28.9. The Hall–Kier alpha value is -2.83. The van der Waals surface area contributed by atoms with Crippen LogP contribution in [-0.2, 0) is 0 Å². The van der Waals surface area contributed by atoms with E-state index in [0.717, 1.165) is 79.1 Å². The van der Waals surface area contributed by atoms with Crippen molar-refractivity contribution in [3.05, 3.63) is 35.4 Å². The smallest absolute Gasteiger partial charge is 0.163 e. The Bertz CT molecular complexity index is 1180. The minimum atomic E-state index is 0.292. The highest BCUT2D eigenvalue weighted by molar-refractivity contribution is 7.99. The van der Waals surface area contributed by atoms with E-state index in [1.54, 1.807) is 11.8 Å². The highest BCUT2D eigenvalue weighted by Gasteiger charge is 2.34. The molecule has 216 valence electrons. The molecule has 2 aromatic carbocycles. The van der Waals surface area contributed by atoms with Gasteiger partial charge in [0.05, 0.1) is 23.8 Å². The molecule has 0 saturated carbocycles. The normalized spacial score (nSPS) is 12.2. The van der Waals surface area contributed by atoms with Crippen molar-refractivity contribution >= 4 is 23.1 Å². The van der Waals surface area contributed by atoms with Crippen LogP contribution in [0.2, 0.25) is 0 Å². The van der Waals surface area contributed by atoms with Crippen LogP contribution in [0.3, 0.4) is 0 Å². The predicted octanol–water partition coefficient (Wildman–Crippen LogP) is 10.0. The Morgan fingerprint density at radius 2 is 1.38 bits per heavy atom. The fourth-order valence-electron chi connectivity index (χ4n) is 5.08. The van der Waals surface area contributed by atoms with Gasteiger partial charge in [0.15, 0.2) is 11.5 Å². The van der Waals surface area contributed by atoms with Gasteiger partial charge in [-0.05, 0) is 56.1 Å². The maximum absolute atomic E-state index is 10.4. The predicted molar refractivity (Wildman–Crippen MR) is 166 cm³/mol. The number of ether oxygens (including phenoxy) is 2. The third-order valence-corrected chi connectivity index (χ3v) is 8.43. The minimum absolute atomic E-state index is 0.292. The van der Waals surface area contributed by atoms with Crippen LogP contribution < -0.4 is 14.4 Å². The fourth-order valence-corrected chi connectivity index (χ4v) is 6.29. The van der Waals surface area contributed by atoms with Crippen molar-refractivity contribution < 1.29 is 9.47 Å². The topological polar surface area (TPSA) is 69.3 Å². The Balaban J connectivity index is 2.07. The van der Waals surface area contributed by atoms with Crippen LogP contribution >= 0.6 is 11.8 Å². The lowest BCUT2D eigenvalue weighted by molar-refractivity contribution is 0.287. The number of fused-ring (bicyclic) bond motifs is 2. The zero-order valence-corrected chi connectivity index (χ0v) is 26.0. The van der Waals surface area contributed by atoms with Crippen LogP contribution in [0.1, 0.15) is 110 Å². The number of unbranched alkanes of at least 4 members (excludes halogenated alkanes) is 5. The first-order valence-electron chi connectivity index (χ1n) is 15.3. The average Bonchev–Trinajstić information content (AvgIpc) is 2.94. The van der Waals surface area contributed by atoms with E-state index in [1.807, 2.05) is 0 Å². The molecule has 3 rings (SSSR count). The number of rotatable bonds is 17. The molecule has 0 saturated heterocycles. The van der Waals surface area contributed by atoms with Crippen molar-refractivity contribution in [3.8, 4) is 23.6 Å². The second-order valence-corrected chi connectivity index (χ2v) is 12.6. The van der Waals surface area contributed by atoms with Gasteiger partial charge in [0.2, 0.25) is 0 Å². The molecule has 1 heterocycles. The van der Waals surface area contributed by atoms with Gasteiger partial charge in [-0.15, -0.1) is 0 Å². The number of nitriles is 2. The highest BCUT2D eigenvalue weighted by atomic mass is 32.2. The van der Waals surface area contributed by atoms with E-state index >= 15 is 0 Å². The molecule has 1 aliphatic rings. The van der Waals surface area contributed by atoms with Crippen LogP contribution in [0.5, 0.6) is 11.5 Å². The van der Waals surface area contributed by atoms with Gasteiger partial charge in [-0.1, -0.05) is 90.6 Å². The molecule has 0 spiro atoms. The van der Waals surface area contributed by atoms with Crippen LogP contribution in [0.15, 0.2) is 34.1 Å². The summed E-state index contributed by atoms with van der Waals surface area (Å²) in [5, 5.41) is 20.7. The van der Waals surface area contributed by atoms with E-state index in [-0.39, 0.29) is 0 Å². The molecular formula is C34H47N3O2S. The van der Waals surface area contributed by atoms with E-state index < -0.39 is 0 Å². The van der Waals surface area contributed by atoms with Crippen molar-refractivity contribution in [2.75, 3.05) is 24.7 Å².